The van der Waals surface area contributed by atoms with Crippen molar-refractivity contribution in [1.29, 1.82) is 0 Å². The highest BCUT2D eigenvalue weighted by Gasteiger charge is 2.22. The van der Waals surface area contributed by atoms with Gasteiger partial charge in [-0.3, -0.25) is 0 Å². The highest BCUT2D eigenvalue weighted by Crippen LogP contribution is 2.10. The second kappa shape index (κ2) is 10.7. The summed E-state index contributed by atoms with van der Waals surface area (Å²) in [5, 5.41) is 14.8. The van der Waals surface area contributed by atoms with E-state index >= 15 is 0 Å². The fourth-order valence-corrected chi connectivity index (χ4v) is 1.44. The Labute approximate surface area is 123 Å². The van der Waals surface area contributed by atoms with Gasteiger partial charge in [-0.05, 0) is 19.4 Å². The molecule has 0 amide bonds. The molecule has 5 nitrogen and oxygen atoms in total. The van der Waals surface area contributed by atoms with E-state index in [2.05, 4.69) is 21.9 Å². The Morgan fingerprint density at radius 3 is 2.43 bits per heavy atom. The van der Waals surface area contributed by atoms with Crippen molar-refractivity contribution in [1.82, 2.24) is 10.6 Å². The van der Waals surface area contributed by atoms with Crippen LogP contribution in [0, 0.1) is 0 Å². The summed E-state index contributed by atoms with van der Waals surface area (Å²) in [6.07, 6.45) is 1.15. The number of nitrogens with one attached hydrogen (secondary N) is 2. The average molecular weight is 304 g/mol. The molecule has 0 fully saturated rings. The topological polar surface area (TPSA) is 70.6 Å². The molecule has 0 aliphatic carbocycles. The SMILES string of the molecule is C=C/C=C(\CC)NCCN/C(=C(\O)C(=O)OCC)C(F)F. The van der Waals surface area contributed by atoms with E-state index in [1.54, 1.807) is 12.2 Å². The lowest BCUT2D eigenvalue weighted by molar-refractivity contribution is -0.141. The van der Waals surface area contributed by atoms with Gasteiger partial charge in [-0.15, -0.1) is 0 Å². The Balaban J connectivity index is 4.54. The molecule has 0 aromatic heterocycles. The van der Waals surface area contributed by atoms with E-state index in [1.165, 1.54) is 6.92 Å². The van der Waals surface area contributed by atoms with E-state index in [-0.39, 0.29) is 13.2 Å². The molecule has 21 heavy (non-hydrogen) atoms. The molecule has 0 radical (unpaired) electrons. The largest absolute Gasteiger partial charge is 0.500 e. The Kier molecular flexibility index (Phi) is 9.66. The van der Waals surface area contributed by atoms with E-state index in [0.29, 0.717) is 6.54 Å². The average Bonchev–Trinajstić information content (AvgIpc) is 2.45. The fraction of sp³-hybridized carbons (Fsp3) is 0.500. The molecule has 0 aromatic rings. The van der Waals surface area contributed by atoms with Gasteiger partial charge in [0.05, 0.1) is 6.61 Å². The van der Waals surface area contributed by atoms with Crippen LogP contribution < -0.4 is 10.6 Å². The van der Waals surface area contributed by atoms with Gasteiger partial charge in [0.2, 0.25) is 5.76 Å². The van der Waals surface area contributed by atoms with Crippen LogP contribution in [0.3, 0.4) is 0 Å². The second-order valence-corrected chi connectivity index (χ2v) is 3.92. The number of aliphatic hydroxyl groups excluding tert-OH is 1. The van der Waals surface area contributed by atoms with Crippen molar-refractivity contribution in [3.05, 3.63) is 35.9 Å². The van der Waals surface area contributed by atoms with Gasteiger partial charge in [0, 0.05) is 18.8 Å². The maximum absolute atomic E-state index is 12.8. The third kappa shape index (κ3) is 7.34. The Hall–Kier alpha value is -2.05. The first kappa shape index (κ1) is 18.9. The minimum absolute atomic E-state index is 0.00677. The van der Waals surface area contributed by atoms with Crippen molar-refractivity contribution in [2.45, 2.75) is 26.7 Å². The van der Waals surface area contributed by atoms with Gasteiger partial charge in [-0.2, -0.15) is 0 Å². The molecule has 0 spiro atoms. The third-order valence-electron chi connectivity index (χ3n) is 2.43. The highest BCUT2D eigenvalue weighted by atomic mass is 19.3. The lowest BCUT2D eigenvalue weighted by atomic mass is 10.3. The van der Waals surface area contributed by atoms with Gasteiger partial charge in [-0.1, -0.05) is 19.6 Å². The number of esters is 1. The molecule has 0 rings (SSSR count). The monoisotopic (exact) mass is 304 g/mol. The van der Waals surface area contributed by atoms with Gasteiger partial charge in [0.15, 0.2) is 0 Å². The molecule has 120 valence electrons. The van der Waals surface area contributed by atoms with Gasteiger partial charge in [-0.25, -0.2) is 13.6 Å². The number of alkyl halides is 2. The summed E-state index contributed by atoms with van der Waals surface area (Å²) in [5.41, 5.74) is 0.0741. The zero-order valence-corrected chi connectivity index (χ0v) is 12.3. The molecule has 0 saturated heterocycles. The zero-order chi connectivity index (χ0) is 16.3. The molecule has 7 heteroatoms. The summed E-state index contributed by atoms with van der Waals surface area (Å²) in [5.74, 6) is -2.27. The van der Waals surface area contributed by atoms with Gasteiger partial charge < -0.3 is 20.5 Å². The molecule has 0 atom stereocenters. The Morgan fingerprint density at radius 2 is 1.95 bits per heavy atom. The third-order valence-corrected chi connectivity index (χ3v) is 2.43. The van der Waals surface area contributed by atoms with Crippen molar-refractivity contribution >= 4 is 5.97 Å². The number of hydrogen-bond donors (Lipinski definition) is 3. The molecule has 3 N–H and O–H groups in total. The lowest BCUT2D eigenvalue weighted by Gasteiger charge is -2.14. The number of rotatable bonds is 10. The number of aliphatic hydroxyl groups is 1. The normalized spacial score (nSPS) is 12.7. The molecular formula is C14H22F2N2O3. The lowest BCUT2D eigenvalue weighted by Crippen LogP contribution is -2.31. The maximum atomic E-state index is 12.8. The standard InChI is InChI=1S/C14H22F2N2O3/c1-4-7-10(5-2)17-8-9-18-11(13(15)16)12(19)14(20)21-6-3/h4,7,13,17-19H,1,5-6,8-9H2,2-3H3/b10-7+,12-11-. The van der Waals surface area contributed by atoms with Gasteiger partial charge in [0.25, 0.3) is 6.43 Å². The van der Waals surface area contributed by atoms with Crippen LogP contribution in [0.1, 0.15) is 20.3 Å². The van der Waals surface area contributed by atoms with Crippen molar-refractivity contribution in [3.63, 3.8) is 0 Å². The van der Waals surface area contributed by atoms with Gasteiger partial charge in [0.1, 0.15) is 5.70 Å². The van der Waals surface area contributed by atoms with Crippen LogP contribution in [-0.2, 0) is 9.53 Å². The van der Waals surface area contributed by atoms with Crippen LogP contribution in [-0.4, -0.2) is 37.2 Å². The van der Waals surface area contributed by atoms with Crippen LogP contribution in [0.5, 0.6) is 0 Å². The molecular weight excluding hydrogens is 282 g/mol. The summed E-state index contributed by atoms with van der Waals surface area (Å²) in [4.78, 5) is 11.2. The molecule has 0 bridgehead atoms. The molecule has 0 aromatic carbocycles. The molecule has 0 unspecified atom stereocenters. The van der Waals surface area contributed by atoms with E-state index in [4.69, 9.17) is 0 Å². The molecule has 0 aliphatic rings. The first-order valence-electron chi connectivity index (χ1n) is 6.65. The van der Waals surface area contributed by atoms with Crippen LogP contribution in [0.2, 0.25) is 0 Å². The Bertz CT molecular complexity index is 407. The number of carbonyl (C=O) groups is 1. The zero-order valence-electron chi connectivity index (χ0n) is 12.3. The number of ether oxygens (including phenoxy) is 1. The predicted molar refractivity (Wildman–Crippen MR) is 76.9 cm³/mol. The molecule has 0 heterocycles. The minimum Gasteiger partial charge on any atom is -0.500 e. The van der Waals surface area contributed by atoms with E-state index in [1.807, 2.05) is 6.92 Å². The number of allylic oxidation sites excluding steroid dienone is 4. The number of carbonyl (C=O) groups excluding carboxylic acids is 1. The first-order chi connectivity index (χ1) is 9.97. The van der Waals surface area contributed by atoms with Crippen molar-refractivity contribution in [2.24, 2.45) is 0 Å². The van der Waals surface area contributed by atoms with Crippen LogP contribution >= 0.6 is 0 Å². The van der Waals surface area contributed by atoms with Crippen LogP contribution in [0.25, 0.3) is 0 Å². The van der Waals surface area contributed by atoms with E-state index < -0.39 is 23.9 Å². The maximum Gasteiger partial charge on any atom is 0.375 e. The number of hydrogen-bond acceptors (Lipinski definition) is 5. The van der Waals surface area contributed by atoms with Crippen LogP contribution in [0.15, 0.2) is 35.9 Å². The summed E-state index contributed by atoms with van der Waals surface area (Å²) < 4.78 is 30.1. The minimum atomic E-state index is -3.00. The highest BCUT2D eigenvalue weighted by molar-refractivity contribution is 5.86. The summed E-state index contributed by atoms with van der Waals surface area (Å²) >= 11 is 0. The van der Waals surface area contributed by atoms with Crippen molar-refractivity contribution in [3.8, 4) is 0 Å². The van der Waals surface area contributed by atoms with E-state index in [9.17, 15) is 18.7 Å². The summed E-state index contributed by atoms with van der Waals surface area (Å²) in [6, 6.07) is 0. The summed E-state index contributed by atoms with van der Waals surface area (Å²) in [7, 11) is 0. The predicted octanol–water partition coefficient (Wildman–Crippen LogP) is 2.24. The smallest absolute Gasteiger partial charge is 0.375 e. The molecule has 0 aliphatic heterocycles. The quantitative estimate of drug-likeness (QED) is 0.190. The van der Waals surface area contributed by atoms with E-state index in [0.717, 1.165) is 12.1 Å². The number of halogens is 2. The fourth-order valence-electron chi connectivity index (χ4n) is 1.44. The van der Waals surface area contributed by atoms with Crippen molar-refractivity contribution < 1.29 is 23.4 Å². The van der Waals surface area contributed by atoms with Crippen LogP contribution in [0.4, 0.5) is 8.78 Å². The second-order valence-electron chi connectivity index (χ2n) is 3.92. The van der Waals surface area contributed by atoms with Gasteiger partial charge >= 0.3 is 5.97 Å². The molecule has 0 saturated carbocycles. The Morgan fingerprint density at radius 1 is 1.33 bits per heavy atom. The summed E-state index contributed by atoms with van der Waals surface area (Å²) in [6.45, 7) is 7.47. The van der Waals surface area contributed by atoms with Crippen molar-refractivity contribution in [2.75, 3.05) is 19.7 Å². The first-order valence-corrected chi connectivity index (χ1v) is 6.65.